The monoisotopic (exact) mass is 433 g/mol. The molecule has 2 saturated heterocycles. The quantitative estimate of drug-likeness (QED) is 0.780. The first-order chi connectivity index (χ1) is 14.5. The Balaban J connectivity index is 1.39. The predicted molar refractivity (Wildman–Crippen MR) is 118 cm³/mol. The lowest BCUT2D eigenvalue weighted by Crippen LogP contribution is -2.48. The number of H-pyrrole nitrogens is 1. The highest BCUT2D eigenvalue weighted by Gasteiger charge is 2.34. The van der Waals surface area contributed by atoms with Crippen LogP contribution in [0.1, 0.15) is 32.6 Å². The average Bonchev–Trinajstić information content (AvgIpc) is 3.03. The number of benzene rings is 1. The van der Waals surface area contributed by atoms with E-state index < -0.39 is 10.0 Å². The highest BCUT2D eigenvalue weighted by molar-refractivity contribution is 7.89. The van der Waals surface area contributed by atoms with Crippen LogP contribution >= 0.6 is 0 Å². The number of carbonyl (C=O) groups excluding carboxylic acids is 1. The second-order valence-electron chi connectivity index (χ2n) is 8.26. The van der Waals surface area contributed by atoms with Gasteiger partial charge in [0.2, 0.25) is 21.9 Å². The summed E-state index contributed by atoms with van der Waals surface area (Å²) in [5.74, 6) is 0.866. The molecule has 1 amide bonds. The van der Waals surface area contributed by atoms with Crippen LogP contribution in [0.2, 0.25) is 0 Å². The number of fused-ring (bicyclic) bond motifs is 1. The van der Waals surface area contributed by atoms with E-state index in [1.807, 2.05) is 36.1 Å². The number of aromatic amines is 1. The maximum atomic E-state index is 13.2. The fourth-order valence-corrected chi connectivity index (χ4v) is 6.07. The number of hydrogen-bond acceptors (Lipinski definition) is 5. The number of piperidine rings is 1. The molecule has 1 aromatic heterocycles. The van der Waals surface area contributed by atoms with Gasteiger partial charge in [-0.05, 0) is 37.8 Å². The standard InChI is InChI=1S/C21H31N5O3S/c1-2-15-30(28,29)26-12-5-7-17(16-26)20(27)24-10-6-11-25(14-13-24)21-22-18-8-3-4-9-19(18)23-21/h3-4,8-9,17H,2,5-7,10-16H2,1H3,(H,22,23). The molecular weight excluding hydrogens is 402 g/mol. The van der Waals surface area contributed by atoms with Gasteiger partial charge in [-0.25, -0.2) is 17.7 Å². The number of anilines is 1. The number of imidazole rings is 1. The molecule has 0 radical (unpaired) electrons. The first-order valence-corrected chi connectivity index (χ1v) is 12.5. The molecule has 30 heavy (non-hydrogen) atoms. The van der Waals surface area contributed by atoms with E-state index in [0.717, 1.165) is 49.3 Å². The Hall–Kier alpha value is -2.13. The van der Waals surface area contributed by atoms with Gasteiger partial charge in [0, 0.05) is 39.3 Å². The van der Waals surface area contributed by atoms with Gasteiger partial charge in [-0.15, -0.1) is 0 Å². The molecule has 2 aliphatic rings. The van der Waals surface area contributed by atoms with Crippen LogP contribution in [-0.4, -0.2) is 78.5 Å². The zero-order chi connectivity index (χ0) is 21.1. The Kier molecular flexibility index (Phi) is 6.29. The number of rotatable bonds is 5. The molecule has 2 fully saturated rings. The third kappa shape index (κ3) is 4.46. The van der Waals surface area contributed by atoms with Gasteiger partial charge in [0.05, 0.1) is 22.7 Å². The van der Waals surface area contributed by atoms with Crippen molar-refractivity contribution in [3.63, 3.8) is 0 Å². The van der Waals surface area contributed by atoms with E-state index in [4.69, 9.17) is 0 Å². The molecular formula is C21H31N5O3S. The molecule has 1 atom stereocenters. The number of aromatic nitrogens is 2. The van der Waals surface area contributed by atoms with E-state index >= 15 is 0 Å². The topological polar surface area (TPSA) is 89.6 Å². The Morgan fingerprint density at radius 1 is 1.13 bits per heavy atom. The summed E-state index contributed by atoms with van der Waals surface area (Å²) in [5.41, 5.74) is 1.96. The van der Waals surface area contributed by atoms with Gasteiger partial charge >= 0.3 is 0 Å². The highest BCUT2D eigenvalue weighted by Crippen LogP contribution is 2.23. The maximum Gasteiger partial charge on any atom is 0.227 e. The normalized spacial score (nSPS) is 21.7. The molecule has 9 heteroatoms. The fraction of sp³-hybridized carbons (Fsp3) is 0.619. The SMILES string of the molecule is CCCS(=O)(=O)N1CCCC(C(=O)N2CCCN(c3nc4ccccc4[nH]3)CC2)C1. The summed E-state index contributed by atoms with van der Waals surface area (Å²) in [6.45, 7) is 5.62. The summed E-state index contributed by atoms with van der Waals surface area (Å²) in [6.07, 6.45) is 2.98. The number of para-hydroxylation sites is 2. The first-order valence-electron chi connectivity index (χ1n) is 10.9. The number of nitrogens with zero attached hydrogens (tertiary/aromatic N) is 4. The number of hydrogen-bond donors (Lipinski definition) is 1. The molecule has 0 spiro atoms. The van der Waals surface area contributed by atoms with Gasteiger partial charge in [-0.1, -0.05) is 19.1 Å². The van der Waals surface area contributed by atoms with Gasteiger partial charge in [-0.3, -0.25) is 4.79 Å². The fourth-order valence-electron chi connectivity index (χ4n) is 4.48. The maximum absolute atomic E-state index is 13.2. The molecule has 0 aliphatic carbocycles. The second kappa shape index (κ2) is 8.93. The zero-order valence-electron chi connectivity index (χ0n) is 17.6. The van der Waals surface area contributed by atoms with Crippen LogP contribution < -0.4 is 4.90 Å². The molecule has 3 heterocycles. The smallest absolute Gasteiger partial charge is 0.227 e. The summed E-state index contributed by atoms with van der Waals surface area (Å²) in [7, 11) is -3.25. The van der Waals surface area contributed by atoms with Crippen molar-refractivity contribution in [3.05, 3.63) is 24.3 Å². The molecule has 4 rings (SSSR count). The zero-order valence-corrected chi connectivity index (χ0v) is 18.4. The second-order valence-corrected chi connectivity index (χ2v) is 10.3. The van der Waals surface area contributed by atoms with Crippen molar-refractivity contribution >= 4 is 32.9 Å². The van der Waals surface area contributed by atoms with Crippen LogP contribution in [0, 0.1) is 5.92 Å². The van der Waals surface area contributed by atoms with Crippen LogP contribution in [0.5, 0.6) is 0 Å². The van der Waals surface area contributed by atoms with Gasteiger partial charge in [-0.2, -0.15) is 0 Å². The van der Waals surface area contributed by atoms with Gasteiger partial charge < -0.3 is 14.8 Å². The Morgan fingerprint density at radius 2 is 1.97 bits per heavy atom. The van der Waals surface area contributed by atoms with E-state index in [2.05, 4.69) is 14.9 Å². The lowest BCUT2D eigenvalue weighted by Gasteiger charge is -2.34. The van der Waals surface area contributed by atoms with E-state index in [0.29, 0.717) is 32.6 Å². The van der Waals surface area contributed by atoms with Gasteiger partial charge in [0.25, 0.3) is 0 Å². The Bertz CT molecular complexity index is 956. The molecule has 1 unspecified atom stereocenters. The minimum Gasteiger partial charge on any atom is -0.341 e. The van der Waals surface area contributed by atoms with Gasteiger partial charge in [0.15, 0.2) is 0 Å². The van der Waals surface area contributed by atoms with Crippen LogP contribution in [0.3, 0.4) is 0 Å². The lowest BCUT2D eigenvalue weighted by molar-refractivity contribution is -0.136. The molecule has 0 bridgehead atoms. The van der Waals surface area contributed by atoms with Crippen molar-refractivity contribution < 1.29 is 13.2 Å². The van der Waals surface area contributed by atoms with E-state index in [1.54, 1.807) is 0 Å². The van der Waals surface area contributed by atoms with Gasteiger partial charge in [0.1, 0.15) is 0 Å². The van der Waals surface area contributed by atoms with E-state index in [9.17, 15) is 13.2 Å². The van der Waals surface area contributed by atoms with Crippen LogP contribution in [0.4, 0.5) is 5.95 Å². The molecule has 1 aromatic carbocycles. The molecule has 1 N–H and O–H groups in total. The average molecular weight is 434 g/mol. The Labute approximate surface area is 178 Å². The number of carbonyl (C=O) groups is 1. The van der Waals surface area contributed by atoms with Crippen molar-refractivity contribution in [2.75, 3.05) is 49.9 Å². The van der Waals surface area contributed by atoms with Crippen LogP contribution in [0.25, 0.3) is 11.0 Å². The molecule has 164 valence electrons. The van der Waals surface area contributed by atoms with E-state index in [-0.39, 0.29) is 17.6 Å². The van der Waals surface area contributed by atoms with Crippen molar-refractivity contribution in [3.8, 4) is 0 Å². The third-order valence-corrected chi connectivity index (χ3v) is 8.12. The molecule has 2 aromatic rings. The largest absolute Gasteiger partial charge is 0.341 e. The lowest BCUT2D eigenvalue weighted by atomic mass is 9.98. The minimum atomic E-state index is -3.25. The molecule has 8 nitrogen and oxygen atoms in total. The van der Waals surface area contributed by atoms with Crippen LogP contribution in [0.15, 0.2) is 24.3 Å². The van der Waals surface area contributed by atoms with Crippen molar-refractivity contribution in [2.24, 2.45) is 5.92 Å². The minimum absolute atomic E-state index is 0.0952. The van der Waals surface area contributed by atoms with Crippen molar-refractivity contribution in [1.29, 1.82) is 0 Å². The highest BCUT2D eigenvalue weighted by atomic mass is 32.2. The van der Waals surface area contributed by atoms with Crippen molar-refractivity contribution in [2.45, 2.75) is 32.6 Å². The van der Waals surface area contributed by atoms with E-state index in [1.165, 1.54) is 4.31 Å². The predicted octanol–water partition coefficient (Wildman–Crippen LogP) is 2.05. The number of sulfonamides is 1. The first kappa shape index (κ1) is 21.1. The number of nitrogens with one attached hydrogen (secondary N) is 1. The number of amides is 1. The van der Waals surface area contributed by atoms with Crippen LogP contribution in [-0.2, 0) is 14.8 Å². The van der Waals surface area contributed by atoms with Crippen molar-refractivity contribution in [1.82, 2.24) is 19.2 Å². The summed E-state index contributed by atoms with van der Waals surface area (Å²) in [5, 5.41) is 0. The summed E-state index contributed by atoms with van der Waals surface area (Å²) in [6, 6.07) is 7.97. The summed E-state index contributed by atoms with van der Waals surface area (Å²) < 4.78 is 26.4. The molecule has 0 saturated carbocycles. The summed E-state index contributed by atoms with van der Waals surface area (Å²) in [4.78, 5) is 25.4. The Morgan fingerprint density at radius 3 is 2.77 bits per heavy atom. The summed E-state index contributed by atoms with van der Waals surface area (Å²) >= 11 is 0. The third-order valence-electron chi connectivity index (χ3n) is 6.07. The molecule has 2 aliphatic heterocycles.